The number of nitrogens with zero attached hydrogens (tertiary/aromatic N) is 2. The van der Waals surface area contributed by atoms with Gasteiger partial charge in [0.2, 0.25) is 0 Å². The van der Waals surface area contributed by atoms with Crippen LogP contribution >= 0.6 is 0 Å². The van der Waals surface area contributed by atoms with E-state index in [1.165, 1.54) is 0 Å². The topological polar surface area (TPSA) is 152 Å². The molecule has 0 bridgehead atoms. The molecule has 0 atom stereocenters. The molecule has 4 amide bonds. The summed E-state index contributed by atoms with van der Waals surface area (Å²) in [6, 6.07) is 50.3. The first kappa shape index (κ1) is 50.1. The predicted octanol–water partition coefficient (Wildman–Crippen LogP) is 17.1. The number of para-hydroxylation sites is 2. The van der Waals surface area contributed by atoms with Crippen molar-refractivity contribution in [2.24, 2.45) is 0 Å². The number of carbonyl (C=O) groups is 4. The molecule has 0 aromatic heterocycles. The normalized spacial score (nSPS) is 11.9. The zero-order valence-corrected chi connectivity index (χ0v) is 45.2. The molecule has 0 saturated carbocycles. The monoisotopic (exact) mass is 1030 g/mol. The third kappa shape index (κ3) is 7.79. The second-order valence-corrected chi connectivity index (χ2v) is 22.1. The SMILES string of the molecule is CC(C)c1cccc(C(C)C)c1NC(=O)c1ccc2c3cccc4c(C#N)ccc(c5ccc(C(=O)NC(=O)c6ccc7c8ccc(C#N)c9cccc(c%10ccc(C(=O)Nc%11c(C(C)C)cccc%11C(C)C)c6c7%10)c98)c1c52)c43. The Morgan fingerprint density at radius 2 is 0.582 bits per heavy atom. The van der Waals surface area contributed by atoms with Crippen LogP contribution in [0.3, 0.4) is 0 Å². The maximum Gasteiger partial charge on any atom is 0.258 e. The summed E-state index contributed by atoms with van der Waals surface area (Å²) in [5, 5.41) is 41.7. The number of nitriles is 2. The summed E-state index contributed by atoms with van der Waals surface area (Å²) in [6.07, 6.45) is 0. The molecule has 9 nitrogen and oxygen atoms in total. The van der Waals surface area contributed by atoms with Crippen molar-refractivity contribution >= 4 is 121 Å². The quantitative estimate of drug-likeness (QED) is 0.0705. The molecule has 9 heteroatoms. The highest BCUT2D eigenvalue weighted by molar-refractivity contribution is 6.39. The first-order chi connectivity index (χ1) is 38.1. The van der Waals surface area contributed by atoms with E-state index in [1.807, 2.05) is 109 Å². The Bertz CT molecular complexity index is 4310. The zero-order valence-electron chi connectivity index (χ0n) is 45.2. The van der Waals surface area contributed by atoms with E-state index >= 15 is 19.2 Å². The van der Waals surface area contributed by atoms with Gasteiger partial charge in [0.25, 0.3) is 23.6 Å². The summed E-state index contributed by atoms with van der Waals surface area (Å²) in [7, 11) is 0. The summed E-state index contributed by atoms with van der Waals surface area (Å²) < 4.78 is 0. The zero-order chi connectivity index (χ0) is 55.3. The van der Waals surface area contributed by atoms with Crippen LogP contribution in [0.2, 0.25) is 0 Å². The van der Waals surface area contributed by atoms with Gasteiger partial charge >= 0.3 is 0 Å². The molecule has 0 saturated heterocycles. The van der Waals surface area contributed by atoms with Gasteiger partial charge in [0.15, 0.2) is 0 Å². The Morgan fingerprint density at radius 3 is 0.899 bits per heavy atom. The van der Waals surface area contributed by atoms with E-state index in [1.54, 1.807) is 36.4 Å². The highest BCUT2D eigenvalue weighted by Gasteiger charge is 2.29. The van der Waals surface area contributed by atoms with E-state index in [2.05, 4.69) is 83.5 Å². The molecule has 0 aliphatic rings. The van der Waals surface area contributed by atoms with Crippen molar-refractivity contribution in [1.82, 2.24) is 5.32 Å². The van der Waals surface area contributed by atoms with E-state index in [0.29, 0.717) is 32.7 Å². The molecule has 12 rings (SSSR count). The van der Waals surface area contributed by atoms with Crippen molar-refractivity contribution in [3.8, 4) is 12.1 Å². The molecule has 3 N–H and O–H groups in total. The number of anilines is 2. The molecular weight excluding hydrogens is 975 g/mol. The van der Waals surface area contributed by atoms with Gasteiger partial charge in [0.1, 0.15) is 0 Å². The van der Waals surface area contributed by atoms with Gasteiger partial charge in [-0.05, 0) is 147 Å². The first-order valence-electron chi connectivity index (χ1n) is 27.0. The standard InChI is InChI=1S/C70H55N5O4/c1-35(2)41-13-9-14-42(36(3)4)65(41)73-67(76)55-29-25-51-47-19-11-17-45-39(33-71)21-23-49(59(45)47)53-27-31-57(63(55)61(51)53)69(78)75-70(79)58-32-28-54-50-24-22-40(34-72)46-18-12-20-48(60(46)50)52-26-30-56(64(58)62(52)54)68(77)74-66-43(37(5)6)15-10-16-44(66)38(7)8/h9-32,35-38H,1-8H3,(H,73,76)(H,74,77)(H,75,78,79). The molecule has 0 radical (unpaired) electrons. The number of hydrogen-bond donors (Lipinski definition) is 3. The van der Waals surface area contributed by atoms with Gasteiger partial charge in [0, 0.05) is 55.2 Å². The molecule has 79 heavy (non-hydrogen) atoms. The second kappa shape index (κ2) is 19.1. The minimum atomic E-state index is -0.741. The van der Waals surface area contributed by atoms with Gasteiger partial charge in [-0.25, -0.2) is 0 Å². The van der Waals surface area contributed by atoms with E-state index in [4.69, 9.17) is 0 Å². The Balaban J connectivity index is 1.07. The summed E-state index contributed by atoms with van der Waals surface area (Å²) in [5.41, 5.74) is 7.10. The summed E-state index contributed by atoms with van der Waals surface area (Å²) in [4.78, 5) is 61.4. The third-order valence-electron chi connectivity index (χ3n) is 16.2. The van der Waals surface area contributed by atoms with E-state index in [9.17, 15) is 10.5 Å². The molecule has 0 heterocycles. The van der Waals surface area contributed by atoms with Crippen LogP contribution in [-0.2, 0) is 0 Å². The fourth-order valence-electron chi connectivity index (χ4n) is 12.5. The van der Waals surface area contributed by atoms with Crippen LogP contribution in [0.15, 0.2) is 146 Å². The van der Waals surface area contributed by atoms with Crippen molar-refractivity contribution in [2.45, 2.75) is 79.1 Å². The van der Waals surface area contributed by atoms with Crippen LogP contribution in [0.5, 0.6) is 0 Å². The number of fused-ring (bicyclic) bond motifs is 4. The summed E-state index contributed by atoms with van der Waals surface area (Å²) in [6.45, 7) is 16.7. The number of imide groups is 1. The Hall–Kier alpha value is -9.70. The van der Waals surface area contributed by atoms with Crippen molar-refractivity contribution < 1.29 is 19.2 Å². The maximum atomic E-state index is 15.5. The maximum absolute atomic E-state index is 15.5. The van der Waals surface area contributed by atoms with E-state index in [-0.39, 0.29) is 45.9 Å². The molecule has 0 spiro atoms. The lowest BCUT2D eigenvalue weighted by atomic mass is 9.85. The van der Waals surface area contributed by atoms with Gasteiger partial charge in [-0.15, -0.1) is 0 Å². The molecule has 384 valence electrons. The van der Waals surface area contributed by atoms with Crippen LogP contribution in [0.4, 0.5) is 11.4 Å². The predicted molar refractivity (Wildman–Crippen MR) is 322 cm³/mol. The Morgan fingerprint density at radius 1 is 0.316 bits per heavy atom. The van der Waals surface area contributed by atoms with Crippen molar-refractivity contribution in [1.29, 1.82) is 10.5 Å². The largest absolute Gasteiger partial charge is 0.321 e. The summed E-state index contributed by atoms with van der Waals surface area (Å²) >= 11 is 0. The van der Waals surface area contributed by atoms with E-state index in [0.717, 1.165) is 98.3 Å². The lowest BCUT2D eigenvalue weighted by Crippen LogP contribution is -2.31. The number of benzene rings is 12. The molecule has 12 aromatic rings. The average Bonchev–Trinajstić information content (AvgIpc) is 3.26. The molecule has 0 aliphatic heterocycles. The van der Waals surface area contributed by atoms with Crippen molar-refractivity contribution in [3.05, 3.63) is 201 Å². The second-order valence-electron chi connectivity index (χ2n) is 22.1. The summed E-state index contributed by atoms with van der Waals surface area (Å²) in [5.74, 6) is -1.97. The minimum absolute atomic E-state index is 0.0861. The Kier molecular flexibility index (Phi) is 12.1. The number of hydrogen-bond acceptors (Lipinski definition) is 6. The fraction of sp³-hybridized carbons (Fsp3) is 0.171. The molecule has 12 aromatic carbocycles. The average molecular weight is 1030 g/mol. The third-order valence-corrected chi connectivity index (χ3v) is 16.2. The van der Waals surface area contributed by atoms with Gasteiger partial charge in [-0.3, -0.25) is 24.5 Å². The molecule has 0 fully saturated rings. The number of rotatable bonds is 10. The lowest BCUT2D eigenvalue weighted by molar-refractivity contribution is 0.0850. The number of amides is 4. The molecular formula is C70H55N5O4. The van der Waals surface area contributed by atoms with Crippen molar-refractivity contribution in [2.75, 3.05) is 10.6 Å². The Labute approximate surface area is 457 Å². The van der Waals surface area contributed by atoms with Crippen LogP contribution in [0, 0.1) is 22.7 Å². The molecule has 0 unspecified atom stereocenters. The van der Waals surface area contributed by atoms with Gasteiger partial charge in [-0.1, -0.05) is 165 Å². The number of nitrogens with one attached hydrogen (secondary N) is 3. The highest BCUT2D eigenvalue weighted by Crippen LogP contribution is 2.46. The van der Waals surface area contributed by atoms with Crippen LogP contribution in [0.25, 0.3) is 86.2 Å². The molecule has 0 aliphatic carbocycles. The van der Waals surface area contributed by atoms with Gasteiger partial charge < -0.3 is 10.6 Å². The highest BCUT2D eigenvalue weighted by atomic mass is 16.2. The van der Waals surface area contributed by atoms with Gasteiger partial charge in [0.05, 0.1) is 23.3 Å². The minimum Gasteiger partial charge on any atom is -0.321 e. The van der Waals surface area contributed by atoms with Crippen LogP contribution < -0.4 is 16.0 Å². The smallest absolute Gasteiger partial charge is 0.258 e. The first-order valence-corrected chi connectivity index (χ1v) is 27.0. The van der Waals surface area contributed by atoms with Gasteiger partial charge in [-0.2, -0.15) is 10.5 Å². The van der Waals surface area contributed by atoms with Crippen LogP contribution in [0.1, 0.15) is 154 Å². The number of carbonyl (C=O) groups excluding carboxylic acids is 4. The van der Waals surface area contributed by atoms with Crippen LogP contribution in [-0.4, -0.2) is 23.6 Å². The van der Waals surface area contributed by atoms with E-state index < -0.39 is 23.6 Å². The lowest BCUT2D eigenvalue weighted by Gasteiger charge is -2.22. The fourth-order valence-corrected chi connectivity index (χ4v) is 12.5. The van der Waals surface area contributed by atoms with Crippen molar-refractivity contribution in [3.63, 3.8) is 0 Å².